The van der Waals surface area contributed by atoms with Crippen molar-refractivity contribution in [2.45, 2.75) is 51.7 Å². The van der Waals surface area contributed by atoms with Gasteiger partial charge in [-0.25, -0.2) is 0 Å². The number of thioether (sulfide) groups is 1. The summed E-state index contributed by atoms with van der Waals surface area (Å²) in [7, 11) is 0. The third-order valence-corrected chi connectivity index (χ3v) is 4.18. The first-order valence-corrected chi connectivity index (χ1v) is 7.28. The molecule has 0 aliphatic heterocycles. The number of rotatable bonds is 7. The number of aliphatic carboxylic acids is 1. The maximum Gasteiger partial charge on any atom is 0.313 e. The fourth-order valence-corrected chi connectivity index (χ4v) is 2.54. The third kappa shape index (κ3) is 3.48. The minimum Gasteiger partial charge on any atom is -0.481 e. The van der Waals surface area contributed by atoms with E-state index in [1.165, 1.54) is 11.8 Å². The molecule has 1 N–H and O–H groups in total. The van der Waals surface area contributed by atoms with Crippen LogP contribution in [0.4, 0.5) is 0 Å². The molecule has 1 aromatic heterocycles. The summed E-state index contributed by atoms with van der Waals surface area (Å²) in [5.41, 5.74) is 0. The van der Waals surface area contributed by atoms with Crippen LogP contribution in [0.2, 0.25) is 0 Å². The first kappa shape index (κ1) is 15.0. The van der Waals surface area contributed by atoms with E-state index in [4.69, 9.17) is 5.11 Å². The lowest BCUT2D eigenvalue weighted by molar-refractivity contribution is -0.133. The summed E-state index contributed by atoms with van der Waals surface area (Å²) in [5.74, 6) is 0.629. The minimum atomic E-state index is -0.830. The van der Waals surface area contributed by atoms with E-state index in [0.717, 1.165) is 18.7 Å². The molecular formula is C12H21N3O2S. The lowest BCUT2D eigenvalue weighted by atomic mass is 10.0. The first-order valence-electron chi connectivity index (χ1n) is 6.29. The van der Waals surface area contributed by atoms with Gasteiger partial charge in [-0.15, -0.1) is 10.2 Å². The average Bonchev–Trinajstić information content (AvgIpc) is 2.77. The van der Waals surface area contributed by atoms with Gasteiger partial charge in [-0.3, -0.25) is 4.79 Å². The van der Waals surface area contributed by atoms with Crippen LogP contribution in [0.1, 0.15) is 46.0 Å². The summed E-state index contributed by atoms with van der Waals surface area (Å²) < 4.78 is 2.09. The van der Waals surface area contributed by atoms with Crippen molar-refractivity contribution in [1.82, 2.24) is 14.8 Å². The van der Waals surface area contributed by atoms with Gasteiger partial charge in [0.05, 0.1) is 5.75 Å². The molecule has 0 aromatic carbocycles. The van der Waals surface area contributed by atoms with Gasteiger partial charge in [0.25, 0.3) is 0 Å². The first-order chi connectivity index (χ1) is 8.51. The molecule has 0 fully saturated rings. The van der Waals surface area contributed by atoms with Crippen LogP contribution < -0.4 is 0 Å². The normalized spacial score (nSPS) is 14.4. The van der Waals surface area contributed by atoms with E-state index in [-0.39, 0.29) is 11.8 Å². The van der Waals surface area contributed by atoms with Gasteiger partial charge in [0, 0.05) is 12.5 Å². The highest BCUT2D eigenvalue weighted by Crippen LogP contribution is 2.27. The highest BCUT2D eigenvalue weighted by molar-refractivity contribution is 7.99. The maximum atomic E-state index is 10.6. The Morgan fingerprint density at radius 1 is 1.39 bits per heavy atom. The van der Waals surface area contributed by atoms with Crippen LogP contribution in [0.25, 0.3) is 0 Å². The molecule has 6 heteroatoms. The zero-order valence-electron chi connectivity index (χ0n) is 11.4. The number of aryl methyl sites for hydroxylation is 1. The van der Waals surface area contributed by atoms with E-state index >= 15 is 0 Å². The van der Waals surface area contributed by atoms with Crippen LogP contribution in [0, 0.1) is 5.92 Å². The number of carboxylic acids is 1. The molecule has 0 aliphatic carbocycles. The van der Waals surface area contributed by atoms with Gasteiger partial charge in [-0.05, 0) is 12.8 Å². The predicted octanol–water partition coefficient (Wildman–Crippen LogP) is 2.62. The number of carbonyl (C=O) groups is 1. The maximum absolute atomic E-state index is 10.6. The van der Waals surface area contributed by atoms with E-state index in [1.54, 1.807) is 0 Å². The summed E-state index contributed by atoms with van der Waals surface area (Å²) in [6.45, 7) is 8.52. The van der Waals surface area contributed by atoms with Crippen LogP contribution in [-0.4, -0.2) is 31.6 Å². The topological polar surface area (TPSA) is 68.0 Å². The molecule has 5 nitrogen and oxygen atoms in total. The van der Waals surface area contributed by atoms with Crippen LogP contribution in [-0.2, 0) is 11.2 Å². The Balaban J connectivity index is 2.97. The van der Waals surface area contributed by atoms with Gasteiger partial charge >= 0.3 is 5.97 Å². The second-order valence-electron chi connectivity index (χ2n) is 4.43. The van der Waals surface area contributed by atoms with Crippen LogP contribution in [0.15, 0.2) is 5.16 Å². The second kappa shape index (κ2) is 6.78. The van der Waals surface area contributed by atoms with Gasteiger partial charge in [-0.1, -0.05) is 39.0 Å². The summed E-state index contributed by atoms with van der Waals surface area (Å²) in [5, 5.41) is 17.7. The van der Waals surface area contributed by atoms with Crippen LogP contribution in [0.5, 0.6) is 0 Å². The molecule has 1 aromatic rings. The largest absolute Gasteiger partial charge is 0.481 e. The Hall–Kier alpha value is -1.04. The van der Waals surface area contributed by atoms with Crippen molar-refractivity contribution in [3.63, 3.8) is 0 Å². The van der Waals surface area contributed by atoms with Crippen molar-refractivity contribution in [2.75, 3.05) is 5.75 Å². The Morgan fingerprint density at radius 2 is 2.06 bits per heavy atom. The van der Waals surface area contributed by atoms with E-state index in [2.05, 4.69) is 35.5 Å². The molecule has 0 amide bonds. The number of aromatic nitrogens is 3. The van der Waals surface area contributed by atoms with Crippen molar-refractivity contribution >= 4 is 17.7 Å². The van der Waals surface area contributed by atoms with E-state index < -0.39 is 5.97 Å². The van der Waals surface area contributed by atoms with Gasteiger partial charge in [0.15, 0.2) is 5.16 Å². The van der Waals surface area contributed by atoms with Gasteiger partial charge in [-0.2, -0.15) is 0 Å². The molecule has 0 bridgehead atoms. The van der Waals surface area contributed by atoms with Crippen molar-refractivity contribution in [3.05, 3.63) is 5.82 Å². The van der Waals surface area contributed by atoms with Crippen molar-refractivity contribution < 1.29 is 9.90 Å². The molecule has 2 unspecified atom stereocenters. The fourth-order valence-electron chi connectivity index (χ4n) is 1.78. The van der Waals surface area contributed by atoms with Crippen molar-refractivity contribution in [2.24, 2.45) is 5.92 Å². The smallest absolute Gasteiger partial charge is 0.313 e. The lowest BCUT2D eigenvalue weighted by Gasteiger charge is -2.22. The third-order valence-electron chi connectivity index (χ3n) is 3.25. The summed E-state index contributed by atoms with van der Waals surface area (Å²) in [6, 6.07) is 0.288. The SMILES string of the molecule is CCc1nnc(SCC(=O)O)n1C(C)C(C)CC. The molecule has 0 saturated carbocycles. The van der Waals surface area contributed by atoms with Gasteiger partial charge in [0.1, 0.15) is 5.82 Å². The average molecular weight is 271 g/mol. The Bertz CT molecular complexity index is 406. The molecule has 18 heavy (non-hydrogen) atoms. The number of nitrogens with zero attached hydrogens (tertiary/aromatic N) is 3. The van der Waals surface area contributed by atoms with Crippen LogP contribution >= 0.6 is 11.8 Å². The summed E-state index contributed by atoms with van der Waals surface area (Å²) in [6.07, 6.45) is 1.88. The standard InChI is InChI=1S/C12H21N3O2S/c1-5-8(3)9(4)15-10(6-2)13-14-12(15)18-7-11(16)17/h8-9H,5-7H2,1-4H3,(H,16,17). The molecule has 1 heterocycles. The Kier molecular flexibility index (Phi) is 5.65. The number of hydrogen-bond acceptors (Lipinski definition) is 4. The molecule has 102 valence electrons. The molecule has 0 aliphatic rings. The minimum absolute atomic E-state index is 0.0229. The monoisotopic (exact) mass is 271 g/mol. The molecule has 0 radical (unpaired) electrons. The highest BCUT2D eigenvalue weighted by Gasteiger charge is 2.21. The predicted molar refractivity (Wildman–Crippen MR) is 71.9 cm³/mol. The zero-order chi connectivity index (χ0) is 13.7. The lowest BCUT2D eigenvalue weighted by Crippen LogP contribution is -2.17. The number of carboxylic acid groups (broad SMARTS) is 1. The zero-order valence-corrected chi connectivity index (χ0v) is 12.2. The fraction of sp³-hybridized carbons (Fsp3) is 0.750. The van der Waals surface area contributed by atoms with Crippen molar-refractivity contribution in [3.8, 4) is 0 Å². The highest BCUT2D eigenvalue weighted by atomic mass is 32.2. The molecular weight excluding hydrogens is 250 g/mol. The van der Waals surface area contributed by atoms with Crippen LogP contribution in [0.3, 0.4) is 0 Å². The molecule has 1 rings (SSSR count). The molecule has 0 saturated heterocycles. The van der Waals surface area contributed by atoms with Gasteiger partial charge < -0.3 is 9.67 Å². The molecule has 0 spiro atoms. The summed E-state index contributed by atoms with van der Waals surface area (Å²) >= 11 is 1.24. The Labute approximate surface area is 112 Å². The van der Waals surface area contributed by atoms with E-state index in [9.17, 15) is 4.79 Å². The molecule has 2 atom stereocenters. The summed E-state index contributed by atoms with van der Waals surface area (Å²) in [4.78, 5) is 10.6. The van der Waals surface area contributed by atoms with Crippen molar-refractivity contribution in [1.29, 1.82) is 0 Å². The van der Waals surface area contributed by atoms with E-state index in [0.29, 0.717) is 11.1 Å². The number of hydrogen-bond donors (Lipinski definition) is 1. The second-order valence-corrected chi connectivity index (χ2v) is 5.37. The quantitative estimate of drug-likeness (QED) is 0.772. The Morgan fingerprint density at radius 3 is 2.56 bits per heavy atom. The van der Waals surface area contributed by atoms with Gasteiger partial charge in [0.2, 0.25) is 0 Å². The van der Waals surface area contributed by atoms with E-state index in [1.807, 2.05) is 6.92 Å².